The molecule has 296 valence electrons. The van der Waals surface area contributed by atoms with Crippen molar-refractivity contribution in [3.63, 3.8) is 0 Å². The number of hydrogen-bond donors (Lipinski definition) is 3. The Hall–Kier alpha value is -5.94. The summed E-state index contributed by atoms with van der Waals surface area (Å²) in [4.78, 5) is 19.9. The fourth-order valence-electron chi connectivity index (χ4n) is 6.72. The van der Waals surface area contributed by atoms with Crippen molar-refractivity contribution in [1.29, 1.82) is 0 Å². The minimum atomic E-state index is -1.37. The van der Waals surface area contributed by atoms with Crippen molar-refractivity contribution in [1.82, 2.24) is 10.9 Å². The van der Waals surface area contributed by atoms with Crippen LogP contribution in [0.1, 0.15) is 45.9 Å². The highest BCUT2D eigenvalue weighted by atomic mass is 79.9. The van der Waals surface area contributed by atoms with Crippen LogP contribution in [-0.2, 0) is 35.6 Å². The van der Waals surface area contributed by atoms with Crippen LogP contribution in [0.2, 0.25) is 0 Å². The maximum atomic E-state index is 14.7. The number of aliphatic hydroxyl groups is 1. The number of amides is 1. The van der Waals surface area contributed by atoms with E-state index in [1.165, 1.54) is 0 Å². The Morgan fingerprint density at radius 2 is 1.33 bits per heavy atom. The lowest BCUT2D eigenvalue weighted by molar-refractivity contribution is -0.130. The van der Waals surface area contributed by atoms with Crippen LogP contribution >= 0.6 is 15.9 Å². The molecule has 58 heavy (non-hydrogen) atoms. The van der Waals surface area contributed by atoms with E-state index in [9.17, 15) is 4.79 Å². The SMILES string of the molecule is O=C(NNCCc1ccc(OCc2ccccc2)c(OCc2ccccc2)c1)[C@@]1(Cc2ccccc2)N=C(c2ccc(OCCCO)cc2)O[C@H]1c1ccccc1Br. The Kier molecular flexibility index (Phi) is 13.9. The quantitative estimate of drug-likeness (QED) is 0.0553. The van der Waals surface area contributed by atoms with E-state index in [1.807, 2.05) is 158 Å². The van der Waals surface area contributed by atoms with E-state index in [4.69, 9.17) is 29.0 Å². The lowest BCUT2D eigenvalue weighted by atomic mass is 9.82. The van der Waals surface area contributed by atoms with Gasteiger partial charge in [-0.1, -0.05) is 131 Å². The van der Waals surface area contributed by atoms with E-state index in [-0.39, 0.29) is 18.9 Å². The number of rotatable bonds is 19. The minimum absolute atomic E-state index is 0.0583. The van der Waals surface area contributed by atoms with Crippen LogP contribution in [-0.4, -0.2) is 42.2 Å². The van der Waals surface area contributed by atoms with Crippen molar-refractivity contribution in [3.05, 3.63) is 196 Å². The molecule has 0 aliphatic carbocycles. The normalized spacial score (nSPS) is 15.9. The Bertz CT molecular complexity index is 2260. The van der Waals surface area contributed by atoms with Crippen LogP contribution in [0.3, 0.4) is 0 Å². The second-order valence-electron chi connectivity index (χ2n) is 13.9. The van der Waals surface area contributed by atoms with Crippen molar-refractivity contribution in [2.75, 3.05) is 19.8 Å². The summed E-state index contributed by atoms with van der Waals surface area (Å²) in [6.45, 7) is 1.71. The average Bonchev–Trinajstić information content (AvgIpc) is 3.65. The maximum Gasteiger partial charge on any atom is 0.266 e. The first-order valence-electron chi connectivity index (χ1n) is 19.4. The minimum Gasteiger partial charge on any atom is -0.494 e. The number of hydrogen-bond acceptors (Lipinski definition) is 8. The molecular formula is C48H46BrN3O6. The van der Waals surface area contributed by atoms with Gasteiger partial charge in [0.15, 0.2) is 23.1 Å². The summed E-state index contributed by atoms with van der Waals surface area (Å²) in [5, 5.41) is 9.15. The first-order valence-corrected chi connectivity index (χ1v) is 20.2. The third-order valence-electron chi connectivity index (χ3n) is 9.76. The zero-order chi connectivity index (χ0) is 40.0. The second-order valence-corrected chi connectivity index (χ2v) is 14.8. The van der Waals surface area contributed by atoms with Gasteiger partial charge >= 0.3 is 0 Å². The van der Waals surface area contributed by atoms with Gasteiger partial charge in [-0.2, -0.15) is 0 Å². The number of halogens is 1. The highest BCUT2D eigenvalue weighted by Gasteiger charge is 2.54. The molecule has 0 saturated heterocycles. The van der Waals surface area contributed by atoms with Gasteiger partial charge in [-0.05, 0) is 71.1 Å². The number of ether oxygens (including phenoxy) is 4. The smallest absolute Gasteiger partial charge is 0.266 e. The van der Waals surface area contributed by atoms with Gasteiger partial charge in [0.05, 0.1) is 6.61 Å². The molecule has 0 saturated carbocycles. The van der Waals surface area contributed by atoms with Crippen LogP contribution in [0.15, 0.2) is 167 Å². The number of nitrogens with zero attached hydrogens (tertiary/aromatic N) is 1. The molecule has 2 atom stereocenters. The highest BCUT2D eigenvalue weighted by Crippen LogP contribution is 2.44. The van der Waals surface area contributed by atoms with Gasteiger partial charge < -0.3 is 24.1 Å². The summed E-state index contributed by atoms with van der Waals surface area (Å²) in [6.07, 6.45) is 0.661. The van der Waals surface area contributed by atoms with E-state index in [1.54, 1.807) is 0 Å². The largest absolute Gasteiger partial charge is 0.494 e. The molecule has 0 fully saturated rings. The van der Waals surface area contributed by atoms with Crippen molar-refractivity contribution < 1.29 is 28.8 Å². The van der Waals surface area contributed by atoms with E-state index in [0.29, 0.717) is 67.9 Å². The van der Waals surface area contributed by atoms with Crippen LogP contribution in [0.4, 0.5) is 0 Å². The van der Waals surface area contributed by atoms with Crippen molar-refractivity contribution in [2.45, 2.75) is 44.1 Å². The lowest BCUT2D eigenvalue weighted by Gasteiger charge is -2.31. The average molecular weight is 841 g/mol. The molecule has 6 aromatic rings. The maximum absolute atomic E-state index is 14.7. The number of carbonyl (C=O) groups is 1. The molecule has 1 heterocycles. The van der Waals surface area contributed by atoms with Crippen molar-refractivity contribution in [2.24, 2.45) is 4.99 Å². The summed E-state index contributed by atoms with van der Waals surface area (Å²) in [5.74, 6) is 2.00. The van der Waals surface area contributed by atoms with Crippen LogP contribution in [0, 0.1) is 0 Å². The predicted octanol–water partition coefficient (Wildman–Crippen LogP) is 8.73. The Morgan fingerprint density at radius 1 is 0.707 bits per heavy atom. The molecule has 0 radical (unpaired) electrons. The van der Waals surface area contributed by atoms with Gasteiger partial charge in [0.1, 0.15) is 19.0 Å². The number of aliphatic hydroxyl groups excluding tert-OH is 1. The topological polar surface area (TPSA) is 111 Å². The molecule has 1 aliphatic heterocycles. The second kappa shape index (κ2) is 20.0. The van der Waals surface area contributed by atoms with Gasteiger partial charge in [0.2, 0.25) is 5.90 Å². The Balaban J connectivity index is 1.10. The van der Waals surface area contributed by atoms with Crippen molar-refractivity contribution >= 4 is 27.7 Å². The number of benzene rings is 6. The molecule has 9 nitrogen and oxygen atoms in total. The number of nitrogens with one attached hydrogen (secondary N) is 2. The van der Waals surface area contributed by atoms with E-state index < -0.39 is 11.6 Å². The van der Waals surface area contributed by atoms with Gasteiger partial charge in [0, 0.05) is 41.6 Å². The van der Waals surface area contributed by atoms with Gasteiger partial charge in [-0.15, -0.1) is 0 Å². The molecule has 7 rings (SSSR count). The Labute approximate surface area is 347 Å². The molecule has 10 heteroatoms. The molecule has 1 aliphatic rings. The Morgan fingerprint density at radius 3 is 1.98 bits per heavy atom. The van der Waals surface area contributed by atoms with Crippen LogP contribution in [0.5, 0.6) is 17.2 Å². The number of aliphatic imine (C=N–C) groups is 1. The molecular weight excluding hydrogens is 794 g/mol. The fourth-order valence-corrected chi connectivity index (χ4v) is 7.22. The van der Waals surface area contributed by atoms with Gasteiger partial charge in [-0.3, -0.25) is 10.2 Å². The summed E-state index contributed by atoms with van der Waals surface area (Å²) in [5.41, 5.74) is 10.4. The third kappa shape index (κ3) is 10.3. The van der Waals surface area contributed by atoms with Crippen LogP contribution in [0.25, 0.3) is 0 Å². The van der Waals surface area contributed by atoms with Gasteiger partial charge in [-0.25, -0.2) is 10.4 Å². The number of carbonyl (C=O) groups excluding carboxylic acids is 1. The van der Waals surface area contributed by atoms with E-state index >= 15 is 0 Å². The fraction of sp³-hybridized carbons (Fsp3) is 0.208. The molecule has 1 amide bonds. The zero-order valence-electron chi connectivity index (χ0n) is 32.1. The molecule has 6 aromatic carbocycles. The summed E-state index contributed by atoms with van der Waals surface area (Å²) in [7, 11) is 0. The number of hydrazine groups is 1. The lowest BCUT2D eigenvalue weighted by Crippen LogP contribution is -2.54. The summed E-state index contributed by atoms with van der Waals surface area (Å²) < 4.78 is 25.8. The van der Waals surface area contributed by atoms with E-state index in [0.717, 1.165) is 32.3 Å². The highest BCUT2D eigenvalue weighted by molar-refractivity contribution is 9.10. The zero-order valence-corrected chi connectivity index (χ0v) is 33.6. The third-order valence-corrected chi connectivity index (χ3v) is 10.5. The summed E-state index contributed by atoms with van der Waals surface area (Å²) in [6, 6.07) is 51.0. The summed E-state index contributed by atoms with van der Waals surface area (Å²) >= 11 is 3.72. The standard InChI is InChI=1S/C48H46BrN3O6/c49-42-20-11-10-19-41(42)45-48(32-36-13-4-1-5-14-36,51-46(58-45)39-22-24-40(25-23-39)55-30-12-29-53)47(54)52-50-28-27-35-21-26-43(56-33-37-15-6-2-7-16-37)44(31-35)57-34-38-17-8-3-9-18-38/h1-11,13-26,31,45,50,53H,12,27-30,32-34H2,(H,52,54)/t45-,48-/m0/s1. The predicted molar refractivity (Wildman–Crippen MR) is 229 cm³/mol. The first-order chi connectivity index (χ1) is 28.5. The van der Waals surface area contributed by atoms with Crippen LogP contribution < -0.4 is 25.1 Å². The molecule has 0 spiro atoms. The van der Waals surface area contributed by atoms with Gasteiger partial charge in [0.25, 0.3) is 5.91 Å². The molecule has 3 N–H and O–H groups in total. The molecule has 0 unspecified atom stereocenters. The molecule has 0 aromatic heterocycles. The first kappa shape index (κ1) is 40.3. The molecule has 0 bridgehead atoms. The van der Waals surface area contributed by atoms with Crippen molar-refractivity contribution in [3.8, 4) is 17.2 Å². The van der Waals surface area contributed by atoms with E-state index in [2.05, 4.69) is 26.8 Å². The monoisotopic (exact) mass is 839 g/mol.